The van der Waals surface area contributed by atoms with Gasteiger partial charge in [-0.05, 0) is 38.0 Å². The third kappa shape index (κ3) is 2.18. The van der Waals surface area contributed by atoms with Crippen LogP contribution in [0.25, 0.3) is 0 Å². The third-order valence-electron chi connectivity index (χ3n) is 3.36. The first-order valence-corrected chi connectivity index (χ1v) is 6.09. The number of benzene rings is 1. The topological polar surface area (TPSA) is 21.3 Å². The molecule has 1 aromatic rings. The first kappa shape index (κ1) is 11.7. The molecule has 3 unspecified atom stereocenters. The highest BCUT2D eigenvalue weighted by atomic mass is 35.5. The van der Waals surface area contributed by atoms with Crippen LogP contribution in [-0.4, -0.2) is 19.2 Å². The third-order valence-corrected chi connectivity index (χ3v) is 3.66. The van der Waals surface area contributed by atoms with E-state index in [1.807, 2.05) is 12.1 Å². The lowest BCUT2D eigenvalue weighted by atomic mass is 9.92. The molecule has 1 fully saturated rings. The summed E-state index contributed by atoms with van der Waals surface area (Å²) in [5.74, 6) is 1.30. The van der Waals surface area contributed by atoms with Crippen LogP contribution in [0.2, 0.25) is 5.02 Å². The highest BCUT2D eigenvalue weighted by Gasteiger charge is 2.29. The van der Waals surface area contributed by atoms with E-state index in [1.165, 1.54) is 12.0 Å². The van der Waals surface area contributed by atoms with E-state index in [0.717, 1.165) is 5.75 Å². The number of halogens is 1. The summed E-state index contributed by atoms with van der Waals surface area (Å²) in [7, 11) is 1.64. The van der Waals surface area contributed by atoms with Crippen LogP contribution >= 0.6 is 11.6 Å². The van der Waals surface area contributed by atoms with Crippen LogP contribution in [-0.2, 0) is 0 Å². The van der Waals surface area contributed by atoms with Crippen molar-refractivity contribution in [3.63, 3.8) is 0 Å². The van der Waals surface area contributed by atoms with E-state index in [4.69, 9.17) is 16.3 Å². The molecule has 1 heterocycles. The van der Waals surface area contributed by atoms with Crippen molar-refractivity contribution in [3.05, 3.63) is 28.8 Å². The van der Waals surface area contributed by atoms with Crippen LogP contribution in [0.5, 0.6) is 5.75 Å². The monoisotopic (exact) mass is 239 g/mol. The Morgan fingerprint density at radius 3 is 2.62 bits per heavy atom. The first-order chi connectivity index (χ1) is 7.61. The molecule has 3 heteroatoms. The zero-order valence-electron chi connectivity index (χ0n) is 9.96. The van der Waals surface area contributed by atoms with E-state index in [0.29, 0.717) is 23.0 Å². The summed E-state index contributed by atoms with van der Waals surface area (Å²) < 4.78 is 5.16. The largest absolute Gasteiger partial charge is 0.495 e. The van der Waals surface area contributed by atoms with E-state index >= 15 is 0 Å². The van der Waals surface area contributed by atoms with Crippen molar-refractivity contribution in [1.29, 1.82) is 0 Å². The molecular formula is C13H18ClNO. The summed E-state index contributed by atoms with van der Waals surface area (Å²) in [5, 5.41) is 4.24. The van der Waals surface area contributed by atoms with Gasteiger partial charge < -0.3 is 10.1 Å². The Kier molecular flexibility index (Phi) is 3.41. The van der Waals surface area contributed by atoms with Gasteiger partial charge in [-0.2, -0.15) is 0 Å². The van der Waals surface area contributed by atoms with Crippen LogP contribution in [0.15, 0.2) is 18.2 Å². The highest BCUT2D eigenvalue weighted by molar-refractivity contribution is 6.32. The number of rotatable bonds is 2. The van der Waals surface area contributed by atoms with Crippen molar-refractivity contribution < 1.29 is 4.74 Å². The fraction of sp³-hybridized carbons (Fsp3) is 0.538. The minimum absolute atomic E-state index is 0.513. The second kappa shape index (κ2) is 4.64. The summed E-state index contributed by atoms with van der Waals surface area (Å²) in [6.45, 7) is 4.45. The molecule has 1 N–H and O–H groups in total. The van der Waals surface area contributed by atoms with Gasteiger partial charge >= 0.3 is 0 Å². The number of nitrogens with one attached hydrogen (secondary N) is 1. The summed E-state index contributed by atoms with van der Waals surface area (Å²) in [6, 6.07) is 7.20. The number of hydrogen-bond acceptors (Lipinski definition) is 2. The molecule has 1 aromatic carbocycles. The lowest BCUT2D eigenvalue weighted by molar-refractivity contribution is 0.414. The van der Waals surface area contributed by atoms with Gasteiger partial charge in [0.2, 0.25) is 0 Å². The normalized spacial score (nSPS) is 29.4. The van der Waals surface area contributed by atoms with Gasteiger partial charge in [-0.25, -0.2) is 0 Å². The summed E-state index contributed by atoms with van der Waals surface area (Å²) >= 11 is 6.15. The van der Waals surface area contributed by atoms with Gasteiger partial charge in [0.1, 0.15) is 5.75 Å². The van der Waals surface area contributed by atoms with Gasteiger partial charge in [-0.3, -0.25) is 0 Å². The van der Waals surface area contributed by atoms with Crippen LogP contribution in [0.1, 0.15) is 31.7 Å². The van der Waals surface area contributed by atoms with E-state index in [1.54, 1.807) is 7.11 Å². The fourth-order valence-electron chi connectivity index (χ4n) is 2.56. The van der Waals surface area contributed by atoms with Crippen molar-refractivity contribution in [1.82, 2.24) is 5.32 Å². The maximum absolute atomic E-state index is 6.15. The van der Waals surface area contributed by atoms with Gasteiger partial charge in [0.05, 0.1) is 12.1 Å². The molecule has 0 saturated carbocycles. The SMILES string of the molecule is COc1ccc(C2CC(C)NC2C)cc1Cl. The average Bonchev–Trinajstić information content (AvgIpc) is 2.58. The number of ether oxygens (including phenoxy) is 1. The zero-order valence-corrected chi connectivity index (χ0v) is 10.7. The molecule has 1 saturated heterocycles. The summed E-state index contributed by atoms with van der Waals surface area (Å²) in [4.78, 5) is 0. The minimum Gasteiger partial charge on any atom is -0.495 e. The molecule has 16 heavy (non-hydrogen) atoms. The quantitative estimate of drug-likeness (QED) is 0.856. The molecule has 3 atom stereocenters. The Hall–Kier alpha value is -0.730. The van der Waals surface area contributed by atoms with Crippen LogP contribution in [0, 0.1) is 0 Å². The van der Waals surface area contributed by atoms with Crippen molar-refractivity contribution in [2.75, 3.05) is 7.11 Å². The number of methoxy groups -OCH3 is 1. The maximum atomic E-state index is 6.15. The zero-order chi connectivity index (χ0) is 11.7. The molecule has 1 aliphatic heterocycles. The Labute approximate surface area is 102 Å². The lowest BCUT2D eigenvalue weighted by Gasteiger charge is -2.16. The maximum Gasteiger partial charge on any atom is 0.137 e. The van der Waals surface area contributed by atoms with Gasteiger partial charge in [0.25, 0.3) is 0 Å². The molecule has 88 valence electrons. The Morgan fingerprint density at radius 2 is 2.12 bits per heavy atom. The van der Waals surface area contributed by atoms with Crippen molar-refractivity contribution in [2.45, 2.75) is 38.3 Å². The lowest BCUT2D eigenvalue weighted by Crippen LogP contribution is -2.26. The first-order valence-electron chi connectivity index (χ1n) is 5.71. The summed E-state index contributed by atoms with van der Waals surface area (Å²) in [5.41, 5.74) is 1.30. The van der Waals surface area contributed by atoms with Crippen LogP contribution in [0.3, 0.4) is 0 Å². The molecular weight excluding hydrogens is 222 g/mol. The van der Waals surface area contributed by atoms with E-state index < -0.39 is 0 Å². The molecule has 1 aliphatic rings. The standard InChI is InChI=1S/C13H18ClNO/c1-8-6-11(9(2)15-8)10-4-5-13(16-3)12(14)7-10/h4-5,7-9,11,15H,6H2,1-3H3. The van der Waals surface area contributed by atoms with Crippen molar-refractivity contribution >= 4 is 11.6 Å². The van der Waals surface area contributed by atoms with Gasteiger partial charge in [0, 0.05) is 18.0 Å². The Morgan fingerprint density at radius 1 is 1.38 bits per heavy atom. The van der Waals surface area contributed by atoms with E-state index in [2.05, 4.69) is 25.2 Å². The van der Waals surface area contributed by atoms with Gasteiger partial charge in [0.15, 0.2) is 0 Å². The van der Waals surface area contributed by atoms with Gasteiger partial charge in [-0.15, -0.1) is 0 Å². The molecule has 0 amide bonds. The second-order valence-electron chi connectivity index (χ2n) is 4.59. The summed E-state index contributed by atoms with van der Waals surface area (Å²) in [6.07, 6.45) is 1.17. The van der Waals surface area contributed by atoms with Crippen LogP contribution < -0.4 is 10.1 Å². The molecule has 0 bridgehead atoms. The predicted octanol–water partition coefficient (Wildman–Crippen LogP) is 3.20. The number of hydrogen-bond donors (Lipinski definition) is 1. The van der Waals surface area contributed by atoms with Crippen molar-refractivity contribution in [2.24, 2.45) is 0 Å². The smallest absolute Gasteiger partial charge is 0.137 e. The molecule has 0 radical (unpaired) electrons. The minimum atomic E-state index is 0.513. The Bertz CT molecular complexity index is 380. The molecule has 0 aromatic heterocycles. The van der Waals surface area contributed by atoms with Crippen molar-refractivity contribution in [3.8, 4) is 5.75 Å². The second-order valence-corrected chi connectivity index (χ2v) is 5.00. The van der Waals surface area contributed by atoms with E-state index in [9.17, 15) is 0 Å². The van der Waals surface area contributed by atoms with E-state index in [-0.39, 0.29) is 0 Å². The molecule has 2 rings (SSSR count). The van der Waals surface area contributed by atoms with Gasteiger partial charge in [-0.1, -0.05) is 17.7 Å². The fourth-order valence-corrected chi connectivity index (χ4v) is 2.82. The molecule has 2 nitrogen and oxygen atoms in total. The predicted molar refractivity (Wildman–Crippen MR) is 67.4 cm³/mol. The Balaban J connectivity index is 2.24. The highest BCUT2D eigenvalue weighted by Crippen LogP contribution is 2.34. The molecule has 0 aliphatic carbocycles. The molecule has 0 spiro atoms. The van der Waals surface area contributed by atoms with Crippen LogP contribution in [0.4, 0.5) is 0 Å². The average molecular weight is 240 g/mol.